The van der Waals surface area contributed by atoms with Gasteiger partial charge in [-0.3, -0.25) is 0 Å². The van der Waals surface area contributed by atoms with E-state index < -0.39 is 0 Å². The minimum absolute atomic E-state index is 0.582. The summed E-state index contributed by atoms with van der Waals surface area (Å²) in [7, 11) is 0. The molecule has 0 aliphatic rings. The first-order valence-electron chi connectivity index (χ1n) is 7.38. The molecule has 0 saturated heterocycles. The van der Waals surface area contributed by atoms with Crippen molar-refractivity contribution in [1.29, 1.82) is 0 Å². The van der Waals surface area contributed by atoms with Crippen molar-refractivity contribution in [3.63, 3.8) is 0 Å². The fourth-order valence-electron chi connectivity index (χ4n) is 2.15. The van der Waals surface area contributed by atoms with Gasteiger partial charge in [-0.1, -0.05) is 54.9 Å². The monoisotopic (exact) mass is 303 g/mol. The van der Waals surface area contributed by atoms with E-state index >= 15 is 0 Å². The van der Waals surface area contributed by atoms with Gasteiger partial charge in [-0.25, -0.2) is 0 Å². The van der Waals surface area contributed by atoms with Gasteiger partial charge < -0.3 is 10.1 Å². The Bertz CT molecular complexity index is 556. The van der Waals surface area contributed by atoms with E-state index in [-0.39, 0.29) is 0 Å². The molecule has 1 N–H and O–H groups in total. The molecule has 0 spiro atoms. The molecular formula is C18H22ClNO. The Morgan fingerprint density at radius 3 is 2.33 bits per heavy atom. The van der Waals surface area contributed by atoms with Gasteiger partial charge in [0.2, 0.25) is 0 Å². The van der Waals surface area contributed by atoms with Crippen LogP contribution in [0.1, 0.15) is 30.0 Å². The van der Waals surface area contributed by atoms with Crippen LogP contribution in [0.3, 0.4) is 0 Å². The van der Waals surface area contributed by atoms with E-state index in [4.69, 9.17) is 16.3 Å². The minimum atomic E-state index is 0.582. The van der Waals surface area contributed by atoms with Crippen molar-refractivity contribution in [3.05, 3.63) is 70.2 Å². The summed E-state index contributed by atoms with van der Waals surface area (Å²) in [5.41, 5.74) is 3.60. The zero-order valence-corrected chi connectivity index (χ0v) is 13.2. The quantitative estimate of drug-likeness (QED) is 0.722. The van der Waals surface area contributed by atoms with Gasteiger partial charge in [0.1, 0.15) is 0 Å². The second-order valence-corrected chi connectivity index (χ2v) is 5.56. The molecule has 2 rings (SSSR count). The third-order valence-electron chi connectivity index (χ3n) is 3.17. The van der Waals surface area contributed by atoms with Crippen molar-refractivity contribution in [2.75, 3.05) is 6.54 Å². The van der Waals surface area contributed by atoms with E-state index in [1.807, 2.05) is 24.3 Å². The summed E-state index contributed by atoms with van der Waals surface area (Å²) in [6.07, 6.45) is 1.16. The SMILES string of the molecule is CCCNCc1cccc(COCc2cccc(Cl)c2)c1. The molecule has 2 nitrogen and oxygen atoms in total. The molecule has 0 radical (unpaired) electrons. The normalized spacial score (nSPS) is 10.8. The van der Waals surface area contributed by atoms with Crippen molar-refractivity contribution >= 4 is 11.6 Å². The zero-order chi connectivity index (χ0) is 14.9. The lowest BCUT2D eigenvalue weighted by Crippen LogP contribution is -2.13. The first kappa shape index (κ1) is 16.0. The largest absolute Gasteiger partial charge is 0.372 e. The molecule has 0 aliphatic carbocycles. The van der Waals surface area contributed by atoms with E-state index in [1.54, 1.807) is 0 Å². The molecule has 3 heteroatoms. The summed E-state index contributed by atoms with van der Waals surface area (Å²) in [5, 5.41) is 4.16. The van der Waals surface area contributed by atoms with Crippen LogP contribution in [-0.4, -0.2) is 6.54 Å². The van der Waals surface area contributed by atoms with Crippen molar-refractivity contribution in [2.24, 2.45) is 0 Å². The third kappa shape index (κ3) is 5.88. The van der Waals surface area contributed by atoms with Gasteiger partial charge in [-0.2, -0.15) is 0 Å². The molecular weight excluding hydrogens is 282 g/mol. The summed E-state index contributed by atoms with van der Waals surface area (Å²) >= 11 is 5.96. The molecule has 0 aromatic heterocycles. The number of nitrogens with one attached hydrogen (secondary N) is 1. The molecule has 0 aliphatic heterocycles. The average Bonchev–Trinajstić information content (AvgIpc) is 2.48. The average molecular weight is 304 g/mol. The zero-order valence-electron chi connectivity index (χ0n) is 12.4. The van der Waals surface area contributed by atoms with E-state index in [9.17, 15) is 0 Å². The Labute approximate surface area is 132 Å². The molecule has 0 amide bonds. The number of halogens is 1. The van der Waals surface area contributed by atoms with Gasteiger partial charge in [0.15, 0.2) is 0 Å². The maximum Gasteiger partial charge on any atom is 0.0721 e. The number of hydrogen-bond acceptors (Lipinski definition) is 2. The molecule has 0 atom stereocenters. The maximum atomic E-state index is 5.96. The fraction of sp³-hybridized carbons (Fsp3) is 0.333. The van der Waals surface area contributed by atoms with Crippen LogP contribution in [0.4, 0.5) is 0 Å². The predicted octanol–water partition coefficient (Wildman–Crippen LogP) is 4.56. The summed E-state index contributed by atoms with van der Waals surface area (Å²) in [5.74, 6) is 0. The van der Waals surface area contributed by atoms with Gasteiger partial charge in [0, 0.05) is 11.6 Å². The van der Waals surface area contributed by atoms with Gasteiger partial charge >= 0.3 is 0 Å². The van der Waals surface area contributed by atoms with Crippen LogP contribution in [0.2, 0.25) is 5.02 Å². The Balaban J connectivity index is 1.81. The molecule has 2 aromatic rings. The molecule has 0 bridgehead atoms. The van der Waals surface area contributed by atoms with Crippen LogP contribution in [0.25, 0.3) is 0 Å². The standard InChI is InChI=1S/C18H22ClNO/c1-2-9-20-12-15-5-3-6-16(10-15)13-21-14-17-7-4-8-18(19)11-17/h3-8,10-11,20H,2,9,12-14H2,1H3. The molecule has 0 unspecified atom stereocenters. The topological polar surface area (TPSA) is 21.3 Å². The summed E-state index contributed by atoms with van der Waals surface area (Å²) in [6, 6.07) is 16.3. The smallest absolute Gasteiger partial charge is 0.0721 e. The summed E-state index contributed by atoms with van der Waals surface area (Å²) < 4.78 is 5.76. The van der Waals surface area contributed by atoms with E-state index in [0.717, 1.165) is 30.1 Å². The third-order valence-corrected chi connectivity index (χ3v) is 3.41. The molecule has 0 fully saturated rings. The number of benzene rings is 2. The van der Waals surface area contributed by atoms with Crippen molar-refractivity contribution < 1.29 is 4.74 Å². The van der Waals surface area contributed by atoms with Crippen molar-refractivity contribution in [1.82, 2.24) is 5.32 Å². The first-order chi connectivity index (χ1) is 10.3. The van der Waals surface area contributed by atoms with E-state index in [2.05, 4.69) is 36.5 Å². The highest BCUT2D eigenvalue weighted by molar-refractivity contribution is 6.30. The Kier molecular flexibility index (Phi) is 6.74. The van der Waals surface area contributed by atoms with Crippen molar-refractivity contribution in [2.45, 2.75) is 33.1 Å². The van der Waals surface area contributed by atoms with Crippen LogP contribution in [0.15, 0.2) is 48.5 Å². The summed E-state index contributed by atoms with van der Waals surface area (Å²) in [4.78, 5) is 0. The number of ether oxygens (including phenoxy) is 1. The second kappa shape index (κ2) is 8.83. The highest BCUT2D eigenvalue weighted by Gasteiger charge is 1.98. The second-order valence-electron chi connectivity index (χ2n) is 5.12. The fourth-order valence-corrected chi connectivity index (χ4v) is 2.37. The van der Waals surface area contributed by atoms with Gasteiger partial charge in [-0.15, -0.1) is 0 Å². The molecule has 0 saturated carbocycles. The molecule has 112 valence electrons. The van der Waals surface area contributed by atoms with Gasteiger partial charge in [0.25, 0.3) is 0 Å². The molecule has 21 heavy (non-hydrogen) atoms. The lowest BCUT2D eigenvalue weighted by molar-refractivity contribution is 0.107. The maximum absolute atomic E-state index is 5.96. The van der Waals surface area contributed by atoms with Crippen LogP contribution in [0, 0.1) is 0 Å². The van der Waals surface area contributed by atoms with Crippen molar-refractivity contribution in [3.8, 4) is 0 Å². The summed E-state index contributed by atoms with van der Waals surface area (Å²) in [6.45, 7) is 5.34. The van der Waals surface area contributed by atoms with Gasteiger partial charge in [0.05, 0.1) is 13.2 Å². The van der Waals surface area contributed by atoms with Gasteiger partial charge in [-0.05, 0) is 41.8 Å². The van der Waals surface area contributed by atoms with Crippen LogP contribution in [0.5, 0.6) is 0 Å². The molecule has 0 heterocycles. The lowest BCUT2D eigenvalue weighted by atomic mass is 10.1. The minimum Gasteiger partial charge on any atom is -0.372 e. The number of rotatable bonds is 8. The number of hydrogen-bond donors (Lipinski definition) is 1. The van der Waals surface area contributed by atoms with E-state index in [1.165, 1.54) is 11.1 Å². The highest BCUT2D eigenvalue weighted by Crippen LogP contribution is 2.13. The van der Waals surface area contributed by atoms with Crippen LogP contribution < -0.4 is 5.32 Å². The van der Waals surface area contributed by atoms with E-state index in [0.29, 0.717) is 13.2 Å². The highest BCUT2D eigenvalue weighted by atomic mass is 35.5. The lowest BCUT2D eigenvalue weighted by Gasteiger charge is -2.08. The first-order valence-corrected chi connectivity index (χ1v) is 7.76. The molecule has 2 aromatic carbocycles. The predicted molar refractivity (Wildman–Crippen MR) is 88.4 cm³/mol. The van der Waals surface area contributed by atoms with Crippen LogP contribution >= 0.6 is 11.6 Å². The Morgan fingerprint density at radius 2 is 1.62 bits per heavy atom. The Morgan fingerprint density at radius 1 is 0.952 bits per heavy atom. The Hall–Kier alpha value is -1.35. The van der Waals surface area contributed by atoms with Crippen LogP contribution in [-0.2, 0) is 24.5 Å².